The molecule has 4 rings (SSSR count). The molecule has 2 aromatic carbocycles. The van der Waals surface area contributed by atoms with E-state index in [-0.39, 0.29) is 21.3 Å². The highest BCUT2D eigenvalue weighted by Crippen LogP contribution is 2.25. The van der Waals surface area contributed by atoms with Gasteiger partial charge in [-0.15, -0.1) is 0 Å². The lowest BCUT2D eigenvalue weighted by atomic mass is 10.2. The van der Waals surface area contributed by atoms with Crippen LogP contribution in [0.25, 0.3) is 10.9 Å². The number of anilines is 2. The van der Waals surface area contributed by atoms with Crippen molar-refractivity contribution in [2.75, 3.05) is 30.7 Å². The van der Waals surface area contributed by atoms with Crippen molar-refractivity contribution < 1.29 is 17.6 Å². The van der Waals surface area contributed by atoms with Crippen LogP contribution in [0, 0.1) is 5.82 Å². The number of carbonyl (C=O) groups is 1. The van der Waals surface area contributed by atoms with Crippen molar-refractivity contribution >= 4 is 49.8 Å². The smallest absolute Gasteiger partial charge is 0.274 e. The second-order valence-electron chi connectivity index (χ2n) is 8.14. The van der Waals surface area contributed by atoms with Crippen molar-refractivity contribution in [1.82, 2.24) is 24.5 Å². The van der Waals surface area contributed by atoms with Gasteiger partial charge in [0.25, 0.3) is 15.9 Å². The van der Waals surface area contributed by atoms with Gasteiger partial charge in [0, 0.05) is 30.9 Å². The van der Waals surface area contributed by atoms with E-state index in [9.17, 15) is 17.6 Å². The Kier molecular flexibility index (Phi) is 6.79. The fourth-order valence-corrected chi connectivity index (χ4v) is 4.60. The van der Waals surface area contributed by atoms with Crippen molar-refractivity contribution in [3.63, 3.8) is 0 Å². The molecule has 0 saturated carbocycles. The topological polar surface area (TPSA) is 114 Å². The van der Waals surface area contributed by atoms with Crippen LogP contribution in [0.1, 0.15) is 10.5 Å². The molecule has 35 heavy (non-hydrogen) atoms. The molecular formula is C22H23ClFN7O3S. The molecule has 0 spiro atoms. The number of fused-ring (bicyclic) bond motifs is 1. The van der Waals surface area contributed by atoms with Gasteiger partial charge in [0.15, 0.2) is 0 Å². The first-order chi connectivity index (χ1) is 16.5. The van der Waals surface area contributed by atoms with Crippen LogP contribution in [-0.2, 0) is 23.6 Å². The third-order valence-corrected chi connectivity index (χ3v) is 6.80. The zero-order chi connectivity index (χ0) is 25.3. The fourth-order valence-electron chi connectivity index (χ4n) is 3.42. The molecular weight excluding hydrogens is 497 g/mol. The number of likely N-dealkylation sites (N-methyl/N-ethyl adjacent to an activating group) is 1. The predicted molar refractivity (Wildman–Crippen MR) is 132 cm³/mol. The summed E-state index contributed by atoms with van der Waals surface area (Å²) in [6, 6.07) is 8.55. The van der Waals surface area contributed by atoms with E-state index in [0.717, 1.165) is 12.6 Å². The second kappa shape index (κ2) is 9.64. The van der Waals surface area contributed by atoms with Gasteiger partial charge in [0.1, 0.15) is 16.4 Å². The summed E-state index contributed by atoms with van der Waals surface area (Å²) in [5.74, 6) is -1.07. The summed E-state index contributed by atoms with van der Waals surface area (Å²) >= 11 is 5.79. The summed E-state index contributed by atoms with van der Waals surface area (Å²) in [6.45, 7) is 1.27. The minimum atomic E-state index is -3.87. The quantitative estimate of drug-likeness (QED) is 0.369. The molecule has 0 aliphatic rings. The van der Waals surface area contributed by atoms with Crippen LogP contribution in [0.5, 0.6) is 0 Å². The van der Waals surface area contributed by atoms with Gasteiger partial charge >= 0.3 is 0 Å². The number of aromatic nitrogens is 4. The number of carbonyl (C=O) groups excluding carboxylic acids is 1. The van der Waals surface area contributed by atoms with Gasteiger partial charge in [-0.25, -0.2) is 12.8 Å². The highest BCUT2D eigenvalue weighted by Gasteiger charge is 2.20. The molecule has 0 bridgehead atoms. The maximum Gasteiger partial charge on any atom is 0.274 e. The average molecular weight is 520 g/mol. The van der Waals surface area contributed by atoms with E-state index >= 15 is 0 Å². The van der Waals surface area contributed by atoms with Crippen molar-refractivity contribution in [3.8, 4) is 0 Å². The highest BCUT2D eigenvalue weighted by molar-refractivity contribution is 7.92. The van der Waals surface area contributed by atoms with Crippen LogP contribution >= 0.6 is 11.6 Å². The number of hydrogen-bond acceptors (Lipinski definition) is 6. The lowest BCUT2D eigenvalue weighted by Gasteiger charge is -2.09. The molecule has 0 saturated heterocycles. The Labute approximate surface area is 206 Å². The molecule has 2 aromatic heterocycles. The summed E-state index contributed by atoms with van der Waals surface area (Å²) in [7, 11) is 1.57. The molecule has 184 valence electrons. The van der Waals surface area contributed by atoms with E-state index in [1.807, 2.05) is 19.0 Å². The molecule has 0 aliphatic heterocycles. The van der Waals surface area contributed by atoms with Crippen LogP contribution in [0.2, 0.25) is 5.02 Å². The van der Waals surface area contributed by atoms with Crippen LogP contribution in [0.4, 0.5) is 15.8 Å². The number of sulfonamides is 1. The predicted octanol–water partition coefficient (Wildman–Crippen LogP) is 3.18. The Bertz CT molecular complexity index is 1510. The van der Waals surface area contributed by atoms with Crippen LogP contribution < -0.4 is 10.0 Å². The Hall–Kier alpha value is -3.48. The number of hydrogen-bond donors (Lipinski definition) is 2. The number of nitrogens with one attached hydrogen (secondary N) is 2. The minimum Gasteiger partial charge on any atom is -0.321 e. The molecule has 4 aromatic rings. The maximum absolute atomic E-state index is 13.4. The van der Waals surface area contributed by atoms with Crippen LogP contribution in [0.3, 0.4) is 0 Å². The molecule has 10 nitrogen and oxygen atoms in total. The van der Waals surface area contributed by atoms with Gasteiger partial charge in [0.2, 0.25) is 0 Å². The summed E-state index contributed by atoms with van der Waals surface area (Å²) in [5.41, 5.74) is 1.27. The third-order valence-electron chi connectivity index (χ3n) is 5.18. The third kappa shape index (κ3) is 5.45. The molecule has 0 fully saturated rings. The van der Waals surface area contributed by atoms with E-state index in [4.69, 9.17) is 11.6 Å². The Morgan fingerprint density at radius 1 is 1.17 bits per heavy atom. The SMILES string of the molecule is CN(C)CCn1cc(S(=O)(=O)Nc2ccc3c(C(=O)Nc4ccc(F)c(Cl)c4)n(C)nc3c2)cn1. The van der Waals surface area contributed by atoms with Crippen molar-refractivity contribution in [2.45, 2.75) is 11.4 Å². The van der Waals surface area contributed by atoms with Gasteiger partial charge < -0.3 is 10.2 Å². The lowest BCUT2D eigenvalue weighted by molar-refractivity contribution is 0.101. The normalized spacial score (nSPS) is 11.8. The minimum absolute atomic E-state index is 0.0374. The molecule has 13 heteroatoms. The number of benzene rings is 2. The van der Waals surface area contributed by atoms with Crippen LogP contribution in [-0.4, -0.2) is 59.4 Å². The largest absolute Gasteiger partial charge is 0.321 e. The molecule has 0 aliphatic carbocycles. The number of nitrogens with zero attached hydrogens (tertiary/aromatic N) is 5. The number of halogens is 2. The van der Waals surface area contributed by atoms with Crippen LogP contribution in [0.15, 0.2) is 53.7 Å². The van der Waals surface area contributed by atoms with E-state index in [2.05, 4.69) is 20.2 Å². The van der Waals surface area contributed by atoms with Gasteiger partial charge in [0.05, 0.1) is 29.0 Å². The van der Waals surface area contributed by atoms with Crippen molar-refractivity contribution in [1.29, 1.82) is 0 Å². The Morgan fingerprint density at radius 2 is 1.91 bits per heavy atom. The molecule has 0 atom stereocenters. The standard InChI is InChI=1S/C22H23ClFN7O3S/c1-29(2)8-9-31-13-16(12-25-31)35(33,34)28-15-4-6-17-20(11-15)27-30(3)21(17)22(32)26-14-5-7-19(24)18(23)10-14/h4-7,10-13,28H,8-9H2,1-3H3,(H,26,32). The first kappa shape index (κ1) is 24.6. The van der Waals surface area contributed by atoms with E-state index in [1.54, 1.807) is 23.9 Å². The zero-order valence-corrected chi connectivity index (χ0v) is 20.7. The van der Waals surface area contributed by atoms with E-state index in [0.29, 0.717) is 23.1 Å². The maximum atomic E-state index is 13.4. The van der Waals surface area contributed by atoms with E-state index in [1.165, 1.54) is 35.3 Å². The summed E-state index contributed by atoms with van der Waals surface area (Å²) in [6.07, 6.45) is 2.76. The molecule has 0 unspecified atom stereocenters. The monoisotopic (exact) mass is 519 g/mol. The van der Waals surface area contributed by atoms with E-state index < -0.39 is 21.7 Å². The van der Waals surface area contributed by atoms with Crippen molar-refractivity contribution in [2.24, 2.45) is 7.05 Å². The molecule has 1 amide bonds. The summed E-state index contributed by atoms with van der Waals surface area (Å²) in [4.78, 5) is 14.9. The van der Waals surface area contributed by atoms with Crippen molar-refractivity contribution in [3.05, 3.63) is 65.3 Å². The number of amides is 1. The molecule has 2 N–H and O–H groups in total. The molecule has 2 heterocycles. The Morgan fingerprint density at radius 3 is 2.63 bits per heavy atom. The van der Waals surface area contributed by atoms with Gasteiger partial charge in [-0.2, -0.15) is 10.2 Å². The first-order valence-corrected chi connectivity index (χ1v) is 12.3. The van der Waals surface area contributed by atoms with Gasteiger partial charge in [-0.3, -0.25) is 18.9 Å². The molecule has 0 radical (unpaired) electrons. The fraction of sp³-hybridized carbons (Fsp3) is 0.227. The zero-order valence-electron chi connectivity index (χ0n) is 19.2. The number of rotatable bonds is 8. The van der Waals surface area contributed by atoms with Gasteiger partial charge in [-0.05, 0) is 50.5 Å². The summed E-state index contributed by atoms with van der Waals surface area (Å²) in [5, 5.41) is 11.5. The number of aryl methyl sites for hydroxylation is 1. The highest BCUT2D eigenvalue weighted by atomic mass is 35.5. The second-order valence-corrected chi connectivity index (χ2v) is 10.2. The van der Waals surface area contributed by atoms with Gasteiger partial charge in [-0.1, -0.05) is 11.6 Å². The first-order valence-electron chi connectivity index (χ1n) is 10.5. The Balaban J connectivity index is 1.54. The summed E-state index contributed by atoms with van der Waals surface area (Å²) < 4.78 is 44.5. The lowest BCUT2D eigenvalue weighted by Crippen LogP contribution is -2.18. The average Bonchev–Trinajstić information content (AvgIpc) is 3.38.